The Bertz CT molecular complexity index is 624. The number of nitrogen functional groups attached to an aromatic ring is 1. The van der Waals surface area contributed by atoms with E-state index in [9.17, 15) is 4.79 Å². The minimum absolute atomic E-state index is 0.193. The number of carbonyl (C=O) groups excluding carboxylic acids is 1. The number of aromatic nitrogens is 3. The molecule has 0 spiro atoms. The van der Waals surface area contributed by atoms with Crippen molar-refractivity contribution in [3.05, 3.63) is 29.2 Å². The van der Waals surface area contributed by atoms with Gasteiger partial charge in [0.2, 0.25) is 5.13 Å². The van der Waals surface area contributed by atoms with Crippen molar-refractivity contribution in [1.29, 1.82) is 0 Å². The van der Waals surface area contributed by atoms with Crippen LogP contribution in [0.1, 0.15) is 41.6 Å². The van der Waals surface area contributed by atoms with E-state index in [-0.39, 0.29) is 11.8 Å². The minimum Gasteiger partial charge on any atom is -0.308 e. The maximum absolute atomic E-state index is 12.2. The number of anilines is 2. The molecule has 7 nitrogen and oxygen atoms in total. The summed E-state index contributed by atoms with van der Waals surface area (Å²) in [5, 5.41) is 3.18. The van der Waals surface area contributed by atoms with Gasteiger partial charge in [0.25, 0.3) is 5.91 Å². The van der Waals surface area contributed by atoms with Gasteiger partial charge in [-0.3, -0.25) is 10.1 Å². The zero-order chi connectivity index (χ0) is 14.7. The van der Waals surface area contributed by atoms with Crippen LogP contribution in [0, 0.1) is 6.92 Å². The van der Waals surface area contributed by atoms with E-state index in [1.54, 1.807) is 19.1 Å². The molecule has 8 heteroatoms. The maximum Gasteiger partial charge on any atom is 0.257 e. The molecule has 0 saturated carbocycles. The number of carbonyl (C=O) groups is 1. The first kappa shape index (κ1) is 14.4. The van der Waals surface area contributed by atoms with Crippen LogP contribution in [0.15, 0.2) is 12.1 Å². The number of rotatable bonds is 4. The number of nitrogens with one attached hydrogen (secondary N) is 2. The molecule has 0 saturated heterocycles. The molecule has 0 aliphatic heterocycles. The smallest absolute Gasteiger partial charge is 0.257 e. The van der Waals surface area contributed by atoms with Gasteiger partial charge >= 0.3 is 0 Å². The molecule has 20 heavy (non-hydrogen) atoms. The lowest BCUT2D eigenvalue weighted by Crippen LogP contribution is -2.16. The van der Waals surface area contributed by atoms with E-state index in [2.05, 4.69) is 25.1 Å². The average Bonchev–Trinajstić information content (AvgIpc) is 2.83. The number of hydrazine groups is 1. The summed E-state index contributed by atoms with van der Waals surface area (Å²) in [5.41, 5.74) is 3.74. The van der Waals surface area contributed by atoms with Crippen LogP contribution >= 0.6 is 11.5 Å². The molecular formula is C12H16N6OS. The molecule has 2 heterocycles. The van der Waals surface area contributed by atoms with Crippen molar-refractivity contribution in [3.8, 4) is 0 Å². The molecule has 4 N–H and O–H groups in total. The molecule has 0 aliphatic carbocycles. The Morgan fingerprint density at radius 2 is 2.10 bits per heavy atom. The van der Waals surface area contributed by atoms with Crippen LogP contribution in [0.2, 0.25) is 0 Å². The molecule has 0 atom stereocenters. The highest BCUT2D eigenvalue weighted by atomic mass is 32.1. The molecule has 0 unspecified atom stereocenters. The fraction of sp³-hybridized carbons (Fsp3) is 0.333. The van der Waals surface area contributed by atoms with Gasteiger partial charge in [0.15, 0.2) is 0 Å². The predicted octanol–water partition coefficient (Wildman–Crippen LogP) is 1.90. The number of nitrogens with two attached hydrogens (primary N) is 1. The van der Waals surface area contributed by atoms with Gasteiger partial charge in [-0.1, -0.05) is 13.8 Å². The summed E-state index contributed by atoms with van der Waals surface area (Å²) in [6.45, 7) is 5.77. The van der Waals surface area contributed by atoms with E-state index in [1.807, 2.05) is 13.8 Å². The normalized spacial score (nSPS) is 10.7. The number of aryl methyl sites for hydroxylation is 1. The molecule has 0 bridgehead atoms. The van der Waals surface area contributed by atoms with E-state index < -0.39 is 0 Å². The zero-order valence-electron chi connectivity index (χ0n) is 11.5. The Kier molecular flexibility index (Phi) is 4.26. The fourth-order valence-electron chi connectivity index (χ4n) is 1.57. The summed E-state index contributed by atoms with van der Waals surface area (Å²) in [6, 6.07) is 3.34. The van der Waals surface area contributed by atoms with E-state index in [0.717, 1.165) is 17.2 Å². The molecule has 0 fully saturated rings. The van der Waals surface area contributed by atoms with Gasteiger partial charge in [0.05, 0.1) is 0 Å². The van der Waals surface area contributed by atoms with Crippen molar-refractivity contribution < 1.29 is 4.79 Å². The van der Waals surface area contributed by atoms with Crippen LogP contribution < -0.4 is 16.6 Å². The monoisotopic (exact) mass is 292 g/mol. The Balaban J connectivity index is 2.26. The Morgan fingerprint density at radius 3 is 2.65 bits per heavy atom. The number of hydrogen-bond acceptors (Lipinski definition) is 7. The third kappa shape index (κ3) is 3.28. The minimum atomic E-state index is -0.262. The molecule has 106 valence electrons. The standard InChI is InChI=1S/C12H16N6OS/c1-6(2)9-4-8(5-10(15-9)17-13)11(19)16-12-14-7(3)18-20-12/h4-6H,13H2,1-3H3,(H,15,17)(H,14,16,18,19). The summed E-state index contributed by atoms with van der Waals surface area (Å²) in [5.74, 6) is 6.40. The summed E-state index contributed by atoms with van der Waals surface area (Å²) in [4.78, 5) is 20.6. The second kappa shape index (κ2) is 5.93. The van der Waals surface area contributed by atoms with E-state index in [4.69, 9.17) is 5.84 Å². The highest BCUT2D eigenvalue weighted by Crippen LogP contribution is 2.19. The highest BCUT2D eigenvalue weighted by molar-refractivity contribution is 7.09. The van der Waals surface area contributed by atoms with Gasteiger partial charge in [-0.2, -0.15) is 4.37 Å². The molecule has 2 rings (SSSR count). The Hall–Kier alpha value is -2.06. The second-order valence-corrected chi connectivity index (χ2v) is 5.32. The summed E-state index contributed by atoms with van der Waals surface area (Å²) in [7, 11) is 0. The molecule has 1 amide bonds. The van der Waals surface area contributed by atoms with Crippen LogP contribution in [-0.4, -0.2) is 20.2 Å². The fourth-order valence-corrected chi connectivity index (χ4v) is 2.14. The molecule has 0 aliphatic rings. The predicted molar refractivity (Wildman–Crippen MR) is 78.7 cm³/mol. The van der Waals surface area contributed by atoms with E-state index >= 15 is 0 Å². The van der Waals surface area contributed by atoms with Gasteiger partial charge in [0, 0.05) is 22.8 Å². The van der Waals surface area contributed by atoms with Gasteiger partial charge in [-0.25, -0.2) is 15.8 Å². The van der Waals surface area contributed by atoms with Crippen molar-refractivity contribution in [2.75, 3.05) is 10.7 Å². The third-order valence-electron chi connectivity index (χ3n) is 2.59. The van der Waals surface area contributed by atoms with E-state index in [0.29, 0.717) is 22.3 Å². The number of amides is 1. The van der Waals surface area contributed by atoms with Crippen LogP contribution in [0.5, 0.6) is 0 Å². The number of pyridine rings is 1. The highest BCUT2D eigenvalue weighted by Gasteiger charge is 2.13. The van der Waals surface area contributed by atoms with Crippen LogP contribution in [0.3, 0.4) is 0 Å². The summed E-state index contributed by atoms with van der Waals surface area (Å²) in [6.07, 6.45) is 0. The van der Waals surface area contributed by atoms with Gasteiger partial charge in [0.1, 0.15) is 11.6 Å². The summed E-state index contributed by atoms with van der Waals surface area (Å²) < 4.78 is 4.01. The quantitative estimate of drug-likeness (QED) is 0.587. The molecule has 0 aromatic carbocycles. The average molecular weight is 292 g/mol. The lowest BCUT2D eigenvalue weighted by Gasteiger charge is -2.10. The van der Waals surface area contributed by atoms with Crippen molar-refractivity contribution >= 4 is 28.4 Å². The first-order valence-corrected chi connectivity index (χ1v) is 6.87. The lowest BCUT2D eigenvalue weighted by molar-refractivity contribution is 0.102. The third-order valence-corrected chi connectivity index (χ3v) is 3.32. The largest absolute Gasteiger partial charge is 0.308 e. The van der Waals surface area contributed by atoms with Crippen molar-refractivity contribution in [3.63, 3.8) is 0 Å². The first-order chi connectivity index (χ1) is 9.49. The number of nitrogens with zero attached hydrogens (tertiary/aromatic N) is 3. The molecular weight excluding hydrogens is 276 g/mol. The Morgan fingerprint density at radius 1 is 1.35 bits per heavy atom. The van der Waals surface area contributed by atoms with Crippen molar-refractivity contribution in [1.82, 2.24) is 14.3 Å². The number of hydrogen-bond donors (Lipinski definition) is 3. The van der Waals surface area contributed by atoms with Gasteiger partial charge in [-0.05, 0) is 25.0 Å². The topological polar surface area (TPSA) is 106 Å². The Labute approximate surface area is 120 Å². The van der Waals surface area contributed by atoms with E-state index in [1.165, 1.54) is 0 Å². The second-order valence-electron chi connectivity index (χ2n) is 4.57. The maximum atomic E-state index is 12.2. The molecule has 2 aromatic heterocycles. The molecule has 2 aromatic rings. The summed E-state index contributed by atoms with van der Waals surface area (Å²) >= 11 is 1.14. The van der Waals surface area contributed by atoms with Crippen molar-refractivity contribution in [2.24, 2.45) is 5.84 Å². The van der Waals surface area contributed by atoms with Gasteiger partial charge < -0.3 is 5.43 Å². The first-order valence-electron chi connectivity index (χ1n) is 6.10. The molecule has 0 radical (unpaired) electrons. The van der Waals surface area contributed by atoms with Crippen LogP contribution in [0.4, 0.5) is 10.9 Å². The van der Waals surface area contributed by atoms with Gasteiger partial charge in [-0.15, -0.1) is 0 Å². The lowest BCUT2D eigenvalue weighted by atomic mass is 10.1. The van der Waals surface area contributed by atoms with Crippen molar-refractivity contribution in [2.45, 2.75) is 26.7 Å². The van der Waals surface area contributed by atoms with Crippen LogP contribution in [-0.2, 0) is 0 Å². The SMILES string of the molecule is Cc1nsc(NC(=O)c2cc(NN)nc(C(C)C)c2)n1. The zero-order valence-corrected chi connectivity index (χ0v) is 12.3. The van der Waals surface area contributed by atoms with Crippen LogP contribution in [0.25, 0.3) is 0 Å².